The number of rotatable bonds is 3. The normalized spacial score (nSPS) is 18.1. The minimum atomic E-state index is -1.50. The van der Waals surface area contributed by atoms with E-state index >= 15 is 0 Å². The summed E-state index contributed by atoms with van der Waals surface area (Å²) in [4.78, 5) is 33.1. The van der Waals surface area contributed by atoms with Crippen molar-refractivity contribution in [3.63, 3.8) is 0 Å². The molecule has 1 aliphatic rings. The second-order valence-corrected chi connectivity index (χ2v) is 3.90. The summed E-state index contributed by atoms with van der Waals surface area (Å²) >= 11 is 5.50. The van der Waals surface area contributed by atoms with Gasteiger partial charge in [-0.1, -0.05) is 17.7 Å². The Morgan fingerprint density at radius 1 is 1.47 bits per heavy atom. The third kappa shape index (κ3) is 2.68. The fourth-order valence-corrected chi connectivity index (χ4v) is 1.54. The molecule has 0 bridgehead atoms. The molecular weight excluding hydrogens is 278 g/mol. The number of aromatic nitrogens is 2. The molecule has 1 unspecified atom stereocenters. The van der Waals surface area contributed by atoms with Gasteiger partial charge in [0.1, 0.15) is 5.15 Å². The van der Waals surface area contributed by atoms with Crippen LogP contribution in [0.15, 0.2) is 34.8 Å². The Morgan fingerprint density at radius 3 is 2.84 bits per heavy atom. The average molecular weight is 284 g/mol. The van der Waals surface area contributed by atoms with Crippen LogP contribution in [0.2, 0.25) is 5.15 Å². The first-order chi connectivity index (χ1) is 8.99. The first kappa shape index (κ1) is 13.0. The fourth-order valence-electron chi connectivity index (χ4n) is 1.40. The Labute approximate surface area is 110 Å². The van der Waals surface area contributed by atoms with Crippen LogP contribution >= 0.6 is 11.6 Å². The number of nitrogens with zero attached hydrogens (tertiary/aromatic N) is 2. The number of ether oxygens (including phenoxy) is 1. The molecule has 9 heteroatoms. The number of ketones is 1. The molecule has 1 aromatic heterocycles. The lowest BCUT2D eigenvalue weighted by molar-refractivity contribution is -0.433. The molecule has 1 atom stereocenters. The lowest BCUT2D eigenvalue weighted by Gasteiger charge is -2.14. The standard InChI is InChI=1S/C10H6ClN3O5/c11-8-4-7(16)10(13-12-8)19-9-5(14(17)18)2-1-3-6(9)15/h1-4,9H,(H,12,16). The highest BCUT2D eigenvalue weighted by molar-refractivity contribution is 6.29. The van der Waals surface area contributed by atoms with Crippen molar-refractivity contribution in [1.29, 1.82) is 0 Å². The second-order valence-electron chi connectivity index (χ2n) is 3.49. The van der Waals surface area contributed by atoms with E-state index in [1.54, 1.807) is 0 Å². The molecule has 0 saturated carbocycles. The van der Waals surface area contributed by atoms with Crippen LogP contribution in [0.3, 0.4) is 0 Å². The Morgan fingerprint density at radius 2 is 2.21 bits per heavy atom. The molecule has 1 heterocycles. The van der Waals surface area contributed by atoms with E-state index in [1.165, 1.54) is 6.08 Å². The summed E-state index contributed by atoms with van der Waals surface area (Å²) in [6, 6.07) is 0.989. The van der Waals surface area contributed by atoms with Crippen LogP contribution < -0.4 is 10.2 Å². The third-order valence-electron chi connectivity index (χ3n) is 2.23. The van der Waals surface area contributed by atoms with E-state index in [2.05, 4.69) is 10.2 Å². The molecule has 98 valence electrons. The number of carbonyl (C=O) groups excluding carboxylic acids is 1. The van der Waals surface area contributed by atoms with E-state index in [9.17, 15) is 19.7 Å². The molecule has 0 aromatic carbocycles. The maximum absolute atomic E-state index is 11.6. The number of carbonyl (C=O) groups is 1. The lowest BCUT2D eigenvalue weighted by Crippen LogP contribution is -2.34. The molecule has 0 aliphatic heterocycles. The molecule has 8 nitrogen and oxygen atoms in total. The SMILES string of the molecule is O=C1C=CC=C([N+](=O)[O-])C1Oc1n[nH]c(Cl)cc1=O. The van der Waals surface area contributed by atoms with Crippen LogP contribution in [0, 0.1) is 10.1 Å². The van der Waals surface area contributed by atoms with E-state index in [1.807, 2.05) is 0 Å². The summed E-state index contributed by atoms with van der Waals surface area (Å²) in [7, 11) is 0. The number of hydrogen-bond donors (Lipinski definition) is 1. The van der Waals surface area contributed by atoms with Crippen molar-refractivity contribution in [1.82, 2.24) is 10.2 Å². The molecule has 0 spiro atoms. The van der Waals surface area contributed by atoms with Gasteiger partial charge in [0.25, 0.3) is 17.7 Å². The summed E-state index contributed by atoms with van der Waals surface area (Å²) in [5, 5.41) is 16.5. The Hall–Kier alpha value is -2.48. The lowest BCUT2D eigenvalue weighted by atomic mass is 10.1. The Bertz CT molecular complexity index is 663. The van der Waals surface area contributed by atoms with Gasteiger partial charge in [0, 0.05) is 12.1 Å². The quantitative estimate of drug-likeness (QED) is 0.637. The van der Waals surface area contributed by atoms with E-state index in [0.717, 1.165) is 18.2 Å². The number of hydrogen-bond acceptors (Lipinski definition) is 6. The third-order valence-corrected chi connectivity index (χ3v) is 2.42. The predicted molar refractivity (Wildman–Crippen MR) is 63.5 cm³/mol. The first-order valence-electron chi connectivity index (χ1n) is 4.97. The summed E-state index contributed by atoms with van der Waals surface area (Å²) < 4.78 is 5.00. The molecule has 0 radical (unpaired) electrons. The maximum atomic E-state index is 11.6. The summed E-state index contributed by atoms with van der Waals surface area (Å²) in [5.41, 5.74) is -1.16. The summed E-state index contributed by atoms with van der Waals surface area (Å²) in [6.45, 7) is 0. The minimum absolute atomic E-state index is 0.0164. The summed E-state index contributed by atoms with van der Waals surface area (Å²) in [5.74, 6) is -1.11. The van der Waals surface area contributed by atoms with Gasteiger partial charge in [0.15, 0.2) is 0 Å². The number of nitrogens with one attached hydrogen (secondary N) is 1. The highest BCUT2D eigenvalue weighted by atomic mass is 35.5. The molecule has 1 aromatic rings. The van der Waals surface area contributed by atoms with Crippen molar-refractivity contribution >= 4 is 17.4 Å². The largest absolute Gasteiger partial charge is 0.450 e. The maximum Gasteiger partial charge on any atom is 0.294 e. The number of H-pyrrole nitrogens is 1. The van der Waals surface area contributed by atoms with Crippen molar-refractivity contribution in [3.05, 3.63) is 55.5 Å². The van der Waals surface area contributed by atoms with E-state index in [-0.39, 0.29) is 5.15 Å². The molecule has 0 amide bonds. The molecule has 0 fully saturated rings. The first-order valence-corrected chi connectivity index (χ1v) is 5.35. The second kappa shape index (κ2) is 5.02. The average Bonchev–Trinajstić information content (AvgIpc) is 2.34. The van der Waals surface area contributed by atoms with Crippen LogP contribution in [0.1, 0.15) is 0 Å². The molecule has 0 saturated heterocycles. The van der Waals surface area contributed by atoms with Crippen molar-refractivity contribution in [2.75, 3.05) is 0 Å². The van der Waals surface area contributed by atoms with Gasteiger partial charge in [-0.05, 0) is 6.08 Å². The van der Waals surface area contributed by atoms with E-state index in [4.69, 9.17) is 16.3 Å². The van der Waals surface area contributed by atoms with Crippen molar-refractivity contribution in [2.24, 2.45) is 0 Å². The number of nitro groups is 1. The van der Waals surface area contributed by atoms with Crippen molar-refractivity contribution in [3.8, 4) is 5.88 Å². The molecule has 2 rings (SSSR count). The van der Waals surface area contributed by atoms with Gasteiger partial charge in [-0.15, -0.1) is 5.10 Å². The van der Waals surface area contributed by atoms with Gasteiger partial charge in [-0.25, -0.2) is 0 Å². The minimum Gasteiger partial charge on any atom is -0.450 e. The summed E-state index contributed by atoms with van der Waals surface area (Å²) in [6.07, 6.45) is 1.97. The molecule has 1 N–H and O–H groups in total. The number of allylic oxidation sites excluding steroid dienone is 2. The van der Waals surface area contributed by atoms with E-state index < -0.39 is 33.8 Å². The highest BCUT2D eigenvalue weighted by Crippen LogP contribution is 2.16. The smallest absolute Gasteiger partial charge is 0.294 e. The van der Waals surface area contributed by atoms with Gasteiger partial charge < -0.3 is 4.74 Å². The molecule has 1 aliphatic carbocycles. The van der Waals surface area contributed by atoms with Crippen LogP contribution in [0.25, 0.3) is 0 Å². The zero-order valence-electron chi connectivity index (χ0n) is 9.20. The fraction of sp³-hybridized carbons (Fsp3) is 0.100. The molecule has 19 heavy (non-hydrogen) atoms. The predicted octanol–water partition coefficient (Wildman–Crippen LogP) is 0.470. The van der Waals surface area contributed by atoms with Crippen molar-refractivity contribution < 1.29 is 14.5 Å². The highest BCUT2D eigenvalue weighted by Gasteiger charge is 2.35. The van der Waals surface area contributed by atoms with Crippen molar-refractivity contribution in [2.45, 2.75) is 6.10 Å². The Balaban J connectivity index is 2.33. The number of aromatic amines is 1. The zero-order chi connectivity index (χ0) is 14.0. The monoisotopic (exact) mass is 283 g/mol. The van der Waals surface area contributed by atoms with Gasteiger partial charge in [0.05, 0.1) is 4.92 Å². The van der Waals surface area contributed by atoms with Crippen LogP contribution in [-0.4, -0.2) is 27.0 Å². The molecular formula is C10H6ClN3O5. The van der Waals surface area contributed by atoms with Crippen LogP contribution in [0.5, 0.6) is 5.88 Å². The van der Waals surface area contributed by atoms with Gasteiger partial charge in [0.2, 0.25) is 11.2 Å². The van der Waals surface area contributed by atoms with Crippen LogP contribution in [-0.2, 0) is 4.79 Å². The van der Waals surface area contributed by atoms with E-state index in [0.29, 0.717) is 0 Å². The Kier molecular flexibility index (Phi) is 3.43. The topological polar surface area (TPSA) is 115 Å². The number of halogens is 1. The van der Waals surface area contributed by atoms with Crippen LogP contribution in [0.4, 0.5) is 0 Å². The van der Waals surface area contributed by atoms with Gasteiger partial charge in [-0.2, -0.15) is 0 Å². The van der Waals surface area contributed by atoms with Gasteiger partial charge in [-0.3, -0.25) is 24.8 Å². The van der Waals surface area contributed by atoms with Gasteiger partial charge >= 0.3 is 0 Å². The zero-order valence-corrected chi connectivity index (χ0v) is 9.96.